The average molecular weight is 250 g/mol. The summed E-state index contributed by atoms with van der Waals surface area (Å²) in [6.45, 7) is 0.301. The van der Waals surface area contributed by atoms with E-state index in [-0.39, 0.29) is 6.42 Å². The van der Waals surface area contributed by atoms with Crippen molar-refractivity contribution in [2.75, 3.05) is 13.2 Å². The number of rotatable bonds is 8. The molecule has 0 aliphatic heterocycles. The number of aliphatic hydroxyl groups is 4. The molecule has 0 unspecified atom stereocenters. The average Bonchev–Trinajstić information content (AvgIpc) is 2.33. The Hall–Kier alpha value is -1.02. The van der Waals surface area contributed by atoms with E-state index in [0.717, 1.165) is 0 Å². The van der Waals surface area contributed by atoms with Gasteiger partial charge >= 0.3 is 5.97 Å². The summed E-state index contributed by atoms with van der Waals surface area (Å²) in [4.78, 5) is 22.2. The molecule has 0 aromatic carbocycles. The van der Waals surface area contributed by atoms with Crippen LogP contribution < -0.4 is 0 Å². The summed E-state index contributed by atoms with van der Waals surface area (Å²) in [7, 11) is 0. The van der Waals surface area contributed by atoms with Gasteiger partial charge in [0.2, 0.25) is 5.78 Å². The van der Waals surface area contributed by atoms with Gasteiger partial charge in [-0.2, -0.15) is 0 Å². The largest absolute Gasteiger partial charge is 0.458 e. The predicted molar refractivity (Wildman–Crippen MR) is 56.0 cm³/mol. The van der Waals surface area contributed by atoms with E-state index in [9.17, 15) is 19.8 Å². The Morgan fingerprint density at radius 1 is 1.24 bits per heavy atom. The quantitative estimate of drug-likeness (QED) is 0.366. The molecule has 0 amide bonds. The van der Waals surface area contributed by atoms with E-state index in [2.05, 4.69) is 4.74 Å². The van der Waals surface area contributed by atoms with Gasteiger partial charge in [0.25, 0.3) is 0 Å². The van der Waals surface area contributed by atoms with Crippen molar-refractivity contribution in [1.29, 1.82) is 0 Å². The molecule has 7 heteroatoms. The van der Waals surface area contributed by atoms with Crippen molar-refractivity contribution in [3.8, 4) is 0 Å². The van der Waals surface area contributed by atoms with Crippen LogP contribution in [0.5, 0.6) is 0 Å². The van der Waals surface area contributed by atoms with Crippen molar-refractivity contribution < 1.29 is 34.8 Å². The number of aliphatic hydroxyl groups excluding tert-OH is 4. The van der Waals surface area contributed by atoms with Crippen LogP contribution in [0.15, 0.2) is 0 Å². The minimum atomic E-state index is -1.90. The van der Waals surface area contributed by atoms with E-state index in [1.165, 1.54) is 0 Å². The second-order valence-corrected chi connectivity index (χ2v) is 3.56. The number of carbonyl (C=O) groups is 2. The van der Waals surface area contributed by atoms with E-state index >= 15 is 0 Å². The second-order valence-electron chi connectivity index (χ2n) is 3.56. The van der Waals surface area contributed by atoms with Crippen molar-refractivity contribution in [2.45, 2.75) is 38.1 Å². The minimum absolute atomic E-state index is 0.158. The molecule has 0 aromatic rings. The van der Waals surface area contributed by atoms with Crippen LogP contribution in [0.1, 0.15) is 19.8 Å². The summed E-state index contributed by atoms with van der Waals surface area (Å²) in [6, 6.07) is 0. The molecule has 0 saturated heterocycles. The second kappa shape index (κ2) is 8.13. The van der Waals surface area contributed by atoms with Gasteiger partial charge in [0.15, 0.2) is 6.61 Å². The monoisotopic (exact) mass is 250 g/mol. The molecule has 0 aliphatic rings. The highest BCUT2D eigenvalue weighted by Crippen LogP contribution is 2.02. The molecule has 100 valence electrons. The van der Waals surface area contributed by atoms with Crippen LogP contribution in [0.4, 0.5) is 0 Å². The summed E-state index contributed by atoms with van der Waals surface area (Å²) >= 11 is 0. The summed E-state index contributed by atoms with van der Waals surface area (Å²) in [5.74, 6) is -1.51. The zero-order valence-corrected chi connectivity index (χ0v) is 9.57. The lowest BCUT2D eigenvalue weighted by atomic mass is 10.1. The Balaban J connectivity index is 4.09. The zero-order chi connectivity index (χ0) is 13.4. The van der Waals surface area contributed by atoms with Crippen molar-refractivity contribution in [3.05, 3.63) is 0 Å². The number of Topliss-reactive ketones (excluding diaryl/α,β-unsaturated/α-hetero) is 1. The van der Waals surface area contributed by atoms with Crippen LogP contribution in [-0.2, 0) is 14.3 Å². The van der Waals surface area contributed by atoms with Crippen LogP contribution in [0.2, 0.25) is 0 Å². The maximum Gasteiger partial charge on any atom is 0.306 e. The molecule has 0 heterocycles. The van der Waals surface area contributed by atoms with Crippen molar-refractivity contribution in [2.24, 2.45) is 0 Å². The topological polar surface area (TPSA) is 124 Å². The molecule has 0 radical (unpaired) electrons. The van der Waals surface area contributed by atoms with Gasteiger partial charge in [-0.1, -0.05) is 6.92 Å². The predicted octanol–water partition coefficient (Wildman–Crippen LogP) is -2.03. The lowest BCUT2D eigenvalue weighted by molar-refractivity contribution is -0.155. The molecular weight excluding hydrogens is 232 g/mol. The fourth-order valence-corrected chi connectivity index (χ4v) is 1.02. The molecule has 4 N–H and O–H groups in total. The maximum absolute atomic E-state index is 11.2. The Morgan fingerprint density at radius 3 is 2.29 bits per heavy atom. The molecule has 7 nitrogen and oxygen atoms in total. The fourth-order valence-electron chi connectivity index (χ4n) is 1.02. The van der Waals surface area contributed by atoms with E-state index in [0.29, 0.717) is 6.42 Å². The summed E-state index contributed by atoms with van der Waals surface area (Å²) in [5, 5.41) is 36.0. The number of hydrogen-bond acceptors (Lipinski definition) is 7. The highest BCUT2D eigenvalue weighted by molar-refractivity contribution is 5.86. The molecule has 0 saturated carbocycles. The van der Waals surface area contributed by atoms with Gasteiger partial charge in [-0.15, -0.1) is 0 Å². The van der Waals surface area contributed by atoms with Gasteiger partial charge in [-0.25, -0.2) is 0 Å². The molecule has 0 aromatic heterocycles. The Morgan fingerprint density at radius 2 is 1.82 bits per heavy atom. The van der Waals surface area contributed by atoms with Gasteiger partial charge in [-0.3, -0.25) is 9.59 Å². The Bertz CT molecular complexity index is 253. The Kier molecular flexibility index (Phi) is 7.64. The van der Waals surface area contributed by atoms with Gasteiger partial charge in [0.1, 0.15) is 18.3 Å². The molecule has 0 fully saturated rings. The number of hydrogen-bond donors (Lipinski definition) is 4. The van der Waals surface area contributed by atoms with Crippen LogP contribution in [0, 0.1) is 0 Å². The van der Waals surface area contributed by atoms with Crippen LogP contribution in [0.25, 0.3) is 0 Å². The molecule has 3 atom stereocenters. The van der Waals surface area contributed by atoms with Gasteiger partial charge < -0.3 is 25.2 Å². The minimum Gasteiger partial charge on any atom is -0.458 e. The van der Waals surface area contributed by atoms with Crippen molar-refractivity contribution >= 4 is 11.8 Å². The number of ketones is 1. The maximum atomic E-state index is 11.2. The molecule has 17 heavy (non-hydrogen) atoms. The van der Waals surface area contributed by atoms with Crippen LogP contribution in [-0.4, -0.2) is 63.7 Å². The first-order chi connectivity index (χ1) is 7.93. The molecule has 0 rings (SSSR count). The lowest BCUT2D eigenvalue weighted by Crippen LogP contribution is -2.45. The highest BCUT2D eigenvalue weighted by atomic mass is 16.5. The van der Waals surface area contributed by atoms with Gasteiger partial charge in [-0.05, 0) is 6.42 Å². The van der Waals surface area contributed by atoms with Crippen molar-refractivity contribution in [3.63, 3.8) is 0 Å². The molecule has 0 aliphatic carbocycles. The zero-order valence-electron chi connectivity index (χ0n) is 9.57. The third-order valence-electron chi connectivity index (χ3n) is 2.06. The summed E-state index contributed by atoms with van der Waals surface area (Å²) in [6.07, 6.45) is -4.60. The van der Waals surface area contributed by atoms with Crippen molar-refractivity contribution in [1.82, 2.24) is 0 Å². The molecule has 0 spiro atoms. The van der Waals surface area contributed by atoms with E-state index in [4.69, 9.17) is 10.2 Å². The standard InChI is InChI=1S/C10H18O7/c1-2-3-8(14)17-5-7(13)10(16)9(15)6(12)4-11/h6,9-12,15-16H,2-5H2,1H3/t6-,9-,10-/m1/s1. The number of esters is 1. The first kappa shape index (κ1) is 16.0. The van der Waals surface area contributed by atoms with E-state index in [1.54, 1.807) is 6.92 Å². The third kappa shape index (κ3) is 5.73. The first-order valence-electron chi connectivity index (χ1n) is 5.27. The number of ether oxygens (including phenoxy) is 1. The fraction of sp³-hybridized carbons (Fsp3) is 0.800. The van der Waals surface area contributed by atoms with Gasteiger partial charge in [0, 0.05) is 6.42 Å². The SMILES string of the molecule is CCCC(=O)OCC(=O)[C@@H](O)[C@H](O)[C@H](O)CO. The molecule has 0 bridgehead atoms. The van der Waals surface area contributed by atoms with E-state index < -0.39 is 43.3 Å². The first-order valence-corrected chi connectivity index (χ1v) is 5.27. The molecular formula is C10H18O7. The third-order valence-corrected chi connectivity index (χ3v) is 2.06. The van der Waals surface area contributed by atoms with E-state index in [1.807, 2.05) is 0 Å². The van der Waals surface area contributed by atoms with Crippen LogP contribution in [0.3, 0.4) is 0 Å². The highest BCUT2D eigenvalue weighted by Gasteiger charge is 2.30. The summed E-state index contributed by atoms with van der Waals surface area (Å²) in [5.41, 5.74) is 0. The lowest BCUT2D eigenvalue weighted by Gasteiger charge is -2.20. The smallest absolute Gasteiger partial charge is 0.306 e. The summed E-state index contributed by atoms with van der Waals surface area (Å²) < 4.78 is 4.53. The van der Waals surface area contributed by atoms with Crippen LogP contribution >= 0.6 is 0 Å². The normalized spacial score (nSPS) is 16.1. The Labute approximate surface area is 98.6 Å². The number of carbonyl (C=O) groups excluding carboxylic acids is 2. The van der Waals surface area contributed by atoms with Gasteiger partial charge in [0.05, 0.1) is 6.61 Å².